The zero-order valence-corrected chi connectivity index (χ0v) is 14.7. The highest BCUT2D eigenvalue weighted by Gasteiger charge is 2.11. The molecule has 0 aliphatic carbocycles. The number of rotatable bonds is 8. The van der Waals surface area contributed by atoms with Crippen LogP contribution in [0.15, 0.2) is 6.07 Å². The molecule has 9 nitrogen and oxygen atoms in total. The van der Waals surface area contributed by atoms with Crippen molar-refractivity contribution in [3.05, 3.63) is 16.8 Å². The summed E-state index contributed by atoms with van der Waals surface area (Å²) in [7, 11) is 3.89. The van der Waals surface area contributed by atoms with Crippen LogP contribution in [0.3, 0.4) is 0 Å². The van der Waals surface area contributed by atoms with Gasteiger partial charge in [-0.3, -0.25) is 14.7 Å². The predicted molar refractivity (Wildman–Crippen MR) is 91.8 cm³/mol. The van der Waals surface area contributed by atoms with Crippen LogP contribution in [0.2, 0.25) is 0 Å². The average Bonchev–Trinajstić information content (AvgIpc) is 3.14. The number of hydrogen-bond acceptors (Lipinski definition) is 7. The standard InChI is InChI=1S/C14H21N7O2S/c1-4-13-19-20-14(24-13)16-12(23)6-5-11(22)15-10-7-9(17-18-10)8-21(2)3/h7H,4-6,8H2,1-3H3,(H,16,20,23)(H2,15,17,18,22). The first kappa shape index (κ1) is 18.0. The molecule has 130 valence electrons. The summed E-state index contributed by atoms with van der Waals surface area (Å²) in [6, 6.07) is 1.77. The molecule has 0 bridgehead atoms. The van der Waals surface area contributed by atoms with Gasteiger partial charge in [-0.25, -0.2) is 0 Å². The number of nitrogens with zero attached hydrogens (tertiary/aromatic N) is 4. The maximum absolute atomic E-state index is 11.9. The van der Waals surface area contributed by atoms with Crippen molar-refractivity contribution in [2.75, 3.05) is 24.7 Å². The lowest BCUT2D eigenvalue weighted by Crippen LogP contribution is -2.17. The fraction of sp³-hybridized carbons (Fsp3) is 0.500. The molecule has 0 saturated carbocycles. The van der Waals surface area contributed by atoms with Crippen molar-refractivity contribution in [1.82, 2.24) is 25.3 Å². The SMILES string of the molecule is CCc1nnc(NC(=O)CCC(=O)Nc2cc(CN(C)C)[nH]n2)s1. The Bertz CT molecular complexity index is 695. The summed E-state index contributed by atoms with van der Waals surface area (Å²) < 4.78 is 0. The topological polar surface area (TPSA) is 116 Å². The van der Waals surface area contributed by atoms with Gasteiger partial charge in [0.1, 0.15) is 5.01 Å². The van der Waals surface area contributed by atoms with E-state index < -0.39 is 0 Å². The first-order valence-electron chi connectivity index (χ1n) is 7.57. The molecule has 3 N–H and O–H groups in total. The van der Waals surface area contributed by atoms with Crippen molar-refractivity contribution in [1.29, 1.82) is 0 Å². The quantitative estimate of drug-likeness (QED) is 0.659. The predicted octanol–water partition coefficient (Wildman–Crippen LogP) is 1.24. The van der Waals surface area contributed by atoms with Gasteiger partial charge in [-0.1, -0.05) is 18.3 Å². The lowest BCUT2D eigenvalue weighted by atomic mass is 10.3. The third kappa shape index (κ3) is 5.70. The van der Waals surface area contributed by atoms with Crippen LogP contribution in [0.25, 0.3) is 0 Å². The molecule has 0 unspecified atom stereocenters. The minimum Gasteiger partial charge on any atom is -0.309 e. The monoisotopic (exact) mass is 351 g/mol. The number of nitrogens with one attached hydrogen (secondary N) is 3. The average molecular weight is 351 g/mol. The lowest BCUT2D eigenvalue weighted by molar-refractivity contribution is -0.121. The second-order valence-electron chi connectivity index (χ2n) is 5.47. The van der Waals surface area contributed by atoms with Crippen molar-refractivity contribution in [2.24, 2.45) is 0 Å². The molecule has 10 heteroatoms. The van der Waals surface area contributed by atoms with Crippen molar-refractivity contribution in [3.63, 3.8) is 0 Å². The summed E-state index contributed by atoms with van der Waals surface area (Å²) in [5.74, 6) is -0.0761. The van der Waals surface area contributed by atoms with Gasteiger partial charge < -0.3 is 15.5 Å². The Labute approximate surface area is 143 Å². The lowest BCUT2D eigenvalue weighted by Gasteiger charge is -2.05. The fourth-order valence-corrected chi connectivity index (χ4v) is 2.60. The molecule has 0 aliphatic heterocycles. The molecule has 0 atom stereocenters. The Hall–Kier alpha value is -2.33. The van der Waals surface area contributed by atoms with Gasteiger partial charge in [0.25, 0.3) is 0 Å². The maximum Gasteiger partial charge on any atom is 0.226 e. The van der Waals surface area contributed by atoms with Crippen LogP contribution in [-0.4, -0.2) is 51.2 Å². The number of anilines is 2. The highest BCUT2D eigenvalue weighted by atomic mass is 32.1. The molecular weight excluding hydrogens is 330 g/mol. The molecule has 2 amide bonds. The van der Waals surface area contributed by atoms with E-state index in [0.717, 1.165) is 17.1 Å². The van der Waals surface area contributed by atoms with Gasteiger partial charge in [0.05, 0.1) is 5.69 Å². The molecule has 2 aromatic rings. The number of carbonyl (C=O) groups excluding carboxylic acids is 2. The van der Waals surface area contributed by atoms with Crippen LogP contribution >= 0.6 is 11.3 Å². The molecule has 2 heterocycles. The number of H-pyrrole nitrogens is 1. The van der Waals surface area contributed by atoms with Gasteiger partial charge in [-0.2, -0.15) is 5.10 Å². The van der Waals surface area contributed by atoms with Crippen LogP contribution in [0.4, 0.5) is 10.9 Å². The smallest absolute Gasteiger partial charge is 0.226 e. The van der Waals surface area contributed by atoms with Crippen molar-refractivity contribution in [3.8, 4) is 0 Å². The summed E-state index contributed by atoms with van der Waals surface area (Å²) in [5, 5.41) is 21.3. The van der Waals surface area contributed by atoms with Gasteiger partial charge in [-0.15, -0.1) is 10.2 Å². The Morgan fingerprint density at radius 2 is 1.92 bits per heavy atom. The van der Waals surface area contributed by atoms with Crippen molar-refractivity contribution >= 4 is 34.1 Å². The molecule has 2 rings (SSSR count). The van der Waals surface area contributed by atoms with Gasteiger partial charge in [-0.05, 0) is 20.5 Å². The van der Waals surface area contributed by atoms with E-state index in [0.29, 0.717) is 17.5 Å². The minimum atomic E-state index is -0.265. The number of hydrogen-bond donors (Lipinski definition) is 3. The minimum absolute atomic E-state index is 0.0706. The molecule has 0 spiro atoms. The second-order valence-corrected chi connectivity index (χ2v) is 6.53. The first-order chi connectivity index (χ1) is 11.5. The van der Waals surface area contributed by atoms with Crippen LogP contribution in [0.1, 0.15) is 30.5 Å². The van der Waals surface area contributed by atoms with E-state index in [1.54, 1.807) is 6.07 Å². The second kappa shape index (κ2) is 8.50. The molecule has 0 aliphatic rings. The summed E-state index contributed by atoms with van der Waals surface area (Å²) >= 11 is 1.33. The molecule has 0 saturated heterocycles. The van der Waals surface area contributed by atoms with Gasteiger partial charge >= 0.3 is 0 Å². The van der Waals surface area contributed by atoms with E-state index >= 15 is 0 Å². The van der Waals surface area contributed by atoms with Crippen LogP contribution in [0, 0.1) is 0 Å². The highest BCUT2D eigenvalue weighted by Crippen LogP contribution is 2.15. The highest BCUT2D eigenvalue weighted by molar-refractivity contribution is 7.15. The Balaban J connectivity index is 1.74. The molecule has 0 radical (unpaired) electrons. The number of aryl methyl sites for hydroxylation is 1. The Kier molecular flexibility index (Phi) is 6.38. The van der Waals surface area contributed by atoms with Crippen LogP contribution < -0.4 is 10.6 Å². The summed E-state index contributed by atoms with van der Waals surface area (Å²) in [4.78, 5) is 25.7. The third-order valence-corrected chi connectivity index (χ3v) is 3.96. The number of aromatic nitrogens is 4. The van der Waals surface area contributed by atoms with Gasteiger partial charge in [0.2, 0.25) is 16.9 Å². The van der Waals surface area contributed by atoms with Gasteiger partial charge in [0.15, 0.2) is 5.82 Å². The summed E-state index contributed by atoms with van der Waals surface area (Å²) in [5.41, 5.74) is 0.899. The number of carbonyl (C=O) groups is 2. The fourth-order valence-electron chi connectivity index (χ4n) is 1.91. The molecule has 24 heavy (non-hydrogen) atoms. The van der Waals surface area contributed by atoms with Gasteiger partial charge in [0, 0.05) is 25.5 Å². The molecule has 0 aromatic carbocycles. The summed E-state index contributed by atoms with van der Waals surface area (Å²) in [6.07, 6.45) is 0.915. The van der Waals surface area contributed by atoms with Crippen LogP contribution in [0.5, 0.6) is 0 Å². The Morgan fingerprint density at radius 1 is 1.21 bits per heavy atom. The number of amides is 2. The van der Waals surface area contributed by atoms with E-state index in [1.165, 1.54) is 11.3 Å². The van der Waals surface area contributed by atoms with Crippen molar-refractivity contribution < 1.29 is 9.59 Å². The van der Waals surface area contributed by atoms with E-state index in [9.17, 15) is 9.59 Å². The third-order valence-electron chi connectivity index (χ3n) is 2.98. The summed E-state index contributed by atoms with van der Waals surface area (Å²) in [6.45, 7) is 2.67. The van der Waals surface area contributed by atoms with Crippen LogP contribution in [-0.2, 0) is 22.6 Å². The largest absolute Gasteiger partial charge is 0.309 e. The molecule has 0 fully saturated rings. The maximum atomic E-state index is 11.9. The van der Waals surface area contributed by atoms with E-state index in [-0.39, 0.29) is 24.7 Å². The normalized spacial score (nSPS) is 10.8. The van der Waals surface area contributed by atoms with E-state index in [4.69, 9.17) is 0 Å². The zero-order chi connectivity index (χ0) is 17.5. The zero-order valence-electron chi connectivity index (χ0n) is 13.9. The van der Waals surface area contributed by atoms with Crippen molar-refractivity contribution in [2.45, 2.75) is 32.7 Å². The van der Waals surface area contributed by atoms with E-state index in [2.05, 4.69) is 31.0 Å². The molecule has 2 aromatic heterocycles. The number of aromatic amines is 1. The van der Waals surface area contributed by atoms with E-state index in [1.807, 2.05) is 25.9 Å². The Morgan fingerprint density at radius 3 is 2.54 bits per heavy atom. The molecular formula is C14H21N7O2S. The first-order valence-corrected chi connectivity index (χ1v) is 8.39.